The van der Waals surface area contributed by atoms with Gasteiger partial charge in [0.15, 0.2) is 0 Å². The SMILES string of the molecule is CCCCCCCCCCCc1ccc(/C=C2\N=C(c3ccc(C)[nH]3)C=C2OCC)[nH]1. The molecule has 2 aromatic rings. The lowest BCUT2D eigenvalue weighted by Gasteiger charge is -2.04. The third-order valence-corrected chi connectivity index (χ3v) is 5.78. The number of rotatable bonds is 14. The maximum absolute atomic E-state index is 5.84. The van der Waals surface area contributed by atoms with Gasteiger partial charge >= 0.3 is 0 Å². The zero-order valence-electron chi connectivity index (χ0n) is 19.6. The van der Waals surface area contributed by atoms with E-state index in [0.29, 0.717) is 6.61 Å². The van der Waals surface area contributed by atoms with E-state index in [4.69, 9.17) is 9.73 Å². The molecular weight excluding hydrogens is 382 g/mol. The Bertz CT molecular complexity index is 897. The highest BCUT2D eigenvalue weighted by atomic mass is 16.5. The lowest BCUT2D eigenvalue weighted by Crippen LogP contribution is -1.94. The smallest absolute Gasteiger partial charge is 0.147 e. The highest BCUT2D eigenvalue weighted by Crippen LogP contribution is 2.25. The van der Waals surface area contributed by atoms with Crippen LogP contribution in [0.5, 0.6) is 0 Å². The largest absolute Gasteiger partial charge is 0.492 e. The molecule has 0 fully saturated rings. The van der Waals surface area contributed by atoms with E-state index in [9.17, 15) is 0 Å². The van der Waals surface area contributed by atoms with Gasteiger partial charge < -0.3 is 14.7 Å². The summed E-state index contributed by atoms with van der Waals surface area (Å²) in [6.45, 7) is 6.97. The summed E-state index contributed by atoms with van der Waals surface area (Å²) in [6, 6.07) is 8.48. The Hall–Kier alpha value is -2.49. The van der Waals surface area contributed by atoms with E-state index < -0.39 is 0 Å². The number of hydrogen-bond acceptors (Lipinski definition) is 2. The van der Waals surface area contributed by atoms with E-state index in [-0.39, 0.29) is 0 Å². The monoisotopic (exact) mass is 421 g/mol. The van der Waals surface area contributed by atoms with Gasteiger partial charge in [0.2, 0.25) is 0 Å². The van der Waals surface area contributed by atoms with Crippen molar-refractivity contribution in [1.82, 2.24) is 9.97 Å². The van der Waals surface area contributed by atoms with E-state index in [1.54, 1.807) is 0 Å². The average Bonchev–Trinajstić information content (AvgIpc) is 3.48. The number of aliphatic imine (C=N–C) groups is 1. The van der Waals surface area contributed by atoms with Gasteiger partial charge in [0, 0.05) is 23.2 Å². The molecule has 0 unspecified atom stereocenters. The number of ether oxygens (including phenoxy) is 1. The minimum Gasteiger partial charge on any atom is -0.492 e. The number of unbranched alkanes of at least 4 members (excludes halogenated alkanes) is 8. The molecule has 0 aromatic carbocycles. The molecule has 3 rings (SSSR count). The van der Waals surface area contributed by atoms with Gasteiger partial charge in [-0.25, -0.2) is 4.99 Å². The van der Waals surface area contributed by atoms with Crippen molar-refractivity contribution < 1.29 is 4.74 Å². The second-order valence-corrected chi connectivity index (χ2v) is 8.54. The Balaban J connectivity index is 1.49. The highest BCUT2D eigenvalue weighted by Gasteiger charge is 2.18. The van der Waals surface area contributed by atoms with Crippen LogP contribution in [0.4, 0.5) is 0 Å². The van der Waals surface area contributed by atoms with E-state index in [1.807, 2.05) is 13.0 Å². The van der Waals surface area contributed by atoms with Crippen LogP contribution in [0.2, 0.25) is 0 Å². The summed E-state index contributed by atoms with van der Waals surface area (Å²) >= 11 is 0. The molecule has 0 amide bonds. The predicted octanol–water partition coefficient (Wildman–Crippen LogP) is 7.49. The summed E-state index contributed by atoms with van der Waals surface area (Å²) in [5.41, 5.74) is 6.34. The predicted molar refractivity (Wildman–Crippen MR) is 131 cm³/mol. The van der Waals surface area contributed by atoms with Crippen LogP contribution in [0.3, 0.4) is 0 Å². The number of aryl methyl sites for hydroxylation is 2. The molecule has 0 saturated carbocycles. The van der Waals surface area contributed by atoms with Crippen LogP contribution in [-0.2, 0) is 11.2 Å². The Kier molecular flexibility index (Phi) is 9.26. The quantitative estimate of drug-likeness (QED) is 0.305. The van der Waals surface area contributed by atoms with Gasteiger partial charge in [0.05, 0.1) is 18.0 Å². The number of aromatic amines is 2. The first-order chi connectivity index (χ1) is 15.2. The van der Waals surface area contributed by atoms with Crippen LogP contribution < -0.4 is 0 Å². The molecule has 168 valence electrons. The number of nitrogens with one attached hydrogen (secondary N) is 2. The minimum atomic E-state index is 0.629. The fraction of sp³-hybridized carbons (Fsp3) is 0.519. The molecule has 0 aliphatic carbocycles. The van der Waals surface area contributed by atoms with Gasteiger partial charge in [-0.05, 0) is 57.0 Å². The standard InChI is InChI=1S/C27H39N3O/c1-4-6-7-8-9-10-11-12-13-14-22-16-17-23(29-22)19-26-27(31-5-2)20-25(30-26)24-18-15-21(3)28-24/h15-20,28-29H,4-14H2,1-3H3/b26-19-. The van der Waals surface area contributed by atoms with Crippen molar-refractivity contribution in [2.24, 2.45) is 4.99 Å². The molecule has 31 heavy (non-hydrogen) atoms. The first-order valence-corrected chi connectivity index (χ1v) is 12.2. The first kappa shape index (κ1) is 23.2. The molecule has 0 saturated heterocycles. The van der Waals surface area contributed by atoms with Gasteiger partial charge in [0.25, 0.3) is 0 Å². The number of hydrogen-bond donors (Lipinski definition) is 2. The summed E-state index contributed by atoms with van der Waals surface area (Å²) < 4.78 is 5.84. The summed E-state index contributed by atoms with van der Waals surface area (Å²) in [7, 11) is 0. The van der Waals surface area contributed by atoms with E-state index in [2.05, 4.69) is 54.2 Å². The van der Waals surface area contributed by atoms with Crippen molar-refractivity contribution in [3.8, 4) is 0 Å². The molecular formula is C27H39N3O. The summed E-state index contributed by atoms with van der Waals surface area (Å²) in [5, 5.41) is 0. The van der Waals surface area contributed by atoms with Crippen molar-refractivity contribution in [2.45, 2.75) is 85.0 Å². The van der Waals surface area contributed by atoms with Gasteiger partial charge in [-0.1, -0.05) is 58.3 Å². The van der Waals surface area contributed by atoms with Crippen LogP contribution in [0.1, 0.15) is 94.4 Å². The maximum atomic E-state index is 5.84. The summed E-state index contributed by atoms with van der Waals surface area (Å²) in [5.74, 6) is 0.833. The first-order valence-electron chi connectivity index (χ1n) is 12.2. The van der Waals surface area contributed by atoms with Crippen molar-refractivity contribution >= 4 is 11.8 Å². The number of aromatic nitrogens is 2. The Morgan fingerprint density at radius 3 is 2.29 bits per heavy atom. The summed E-state index contributed by atoms with van der Waals surface area (Å²) in [4.78, 5) is 11.7. The van der Waals surface area contributed by atoms with Gasteiger partial charge in [-0.15, -0.1) is 0 Å². The molecule has 0 bridgehead atoms. The zero-order valence-corrected chi connectivity index (χ0v) is 19.6. The topological polar surface area (TPSA) is 53.2 Å². The molecule has 0 atom stereocenters. The van der Waals surface area contributed by atoms with Crippen molar-refractivity contribution in [2.75, 3.05) is 6.61 Å². The molecule has 1 aliphatic rings. The molecule has 1 aliphatic heterocycles. The fourth-order valence-corrected chi connectivity index (χ4v) is 4.04. The van der Waals surface area contributed by atoms with Crippen LogP contribution >= 0.6 is 0 Å². The fourth-order valence-electron chi connectivity index (χ4n) is 4.04. The second kappa shape index (κ2) is 12.4. The molecule has 4 heteroatoms. The van der Waals surface area contributed by atoms with E-state index in [1.165, 1.54) is 63.5 Å². The molecule has 0 radical (unpaired) electrons. The maximum Gasteiger partial charge on any atom is 0.147 e. The zero-order chi connectivity index (χ0) is 21.9. The highest BCUT2D eigenvalue weighted by molar-refractivity contribution is 6.11. The Morgan fingerprint density at radius 1 is 0.871 bits per heavy atom. The third-order valence-electron chi connectivity index (χ3n) is 5.78. The number of nitrogens with zero attached hydrogens (tertiary/aromatic N) is 1. The van der Waals surface area contributed by atoms with E-state index >= 15 is 0 Å². The number of H-pyrrole nitrogens is 2. The molecule has 2 N–H and O–H groups in total. The molecule has 0 spiro atoms. The lowest BCUT2D eigenvalue weighted by molar-refractivity contribution is 0.239. The second-order valence-electron chi connectivity index (χ2n) is 8.54. The molecule has 4 nitrogen and oxygen atoms in total. The van der Waals surface area contributed by atoms with Gasteiger partial charge in [-0.3, -0.25) is 0 Å². The van der Waals surface area contributed by atoms with Gasteiger partial charge in [-0.2, -0.15) is 0 Å². The third kappa shape index (κ3) is 7.30. The molecule has 3 heterocycles. The van der Waals surface area contributed by atoms with E-state index in [0.717, 1.165) is 40.7 Å². The summed E-state index contributed by atoms with van der Waals surface area (Å²) in [6.07, 6.45) is 17.5. The van der Waals surface area contributed by atoms with Crippen molar-refractivity contribution in [1.29, 1.82) is 0 Å². The van der Waals surface area contributed by atoms with Crippen LogP contribution in [0.25, 0.3) is 6.08 Å². The lowest BCUT2D eigenvalue weighted by atomic mass is 10.1. The van der Waals surface area contributed by atoms with Crippen LogP contribution in [-0.4, -0.2) is 22.3 Å². The normalized spacial score (nSPS) is 14.9. The van der Waals surface area contributed by atoms with Crippen molar-refractivity contribution in [3.63, 3.8) is 0 Å². The molecule has 2 aromatic heterocycles. The van der Waals surface area contributed by atoms with Crippen LogP contribution in [0, 0.1) is 6.92 Å². The van der Waals surface area contributed by atoms with Gasteiger partial charge in [0.1, 0.15) is 11.5 Å². The average molecular weight is 422 g/mol. The Labute approximate surface area is 187 Å². The minimum absolute atomic E-state index is 0.629. The number of allylic oxidation sites excluding steroid dienone is 1. The van der Waals surface area contributed by atoms with Crippen LogP contribution in [0.15, 0.2) is 46.8 Å². The Morgan fingerprint density at radius 2 is 1.61 bits per heavy atom. The van der Waals surface area contributed by atoms with Crippen molar-refractivity contribution in [3.05, 3.63) is 64.6 Å².